The fraction of sp³-hybridized carbons (Fsp3) is 0.391. The minimum atomic E-state index is -0.162. The van der Waals surface area contributed by atoms with Gasteiger partial charge < -0.3 is 28.9 Å². The maximum Gasteiger partial charge on any atom is 0.325 e. The summed E-state index contributed by atoms with van der Waals surface area (Å²) in [5, 5.41) is 0. The average Bonchev–Trinajstić information content (AvgIpc) is 3.45. The fourth-order valence-corrected chi connectivity index (χ4v) is 4.37. The zero-order valence-corrected chi connectivity index (χ0v) is 18.0. The second kappa shape index (κ2) is 8.49. The highest BCUT2D eigenvalue weighted by Gasteiger charge is 2.33. The Labute approximate surface area is 186 Å². The predicted octanol–water partition coefficient (Wildman–Crippen LogP) is 2.01. The van der Waals surface area contributed by atoms with Crippen molar-refractivity contribution in [3.8, 4) is 17.2 Å². The third kappa shape index (κ3) is 3.74. The van der Waals surface area contributed by atoms with Crippen molar-refractivity contribution < 1.29 is 23.8 Å². The molecule has 2 aromatic carbocycles. The van der Waals surface area contributed by atoms with Crippen molar-refractivity contribution in [1.82, 2.24) is 9.80 Å². The van der Waals surface area contributed by atoms with Gasteiger partial charge in [0.2, 0.25) is 12.7 Å². The highest BCUT2D eigenvalue weighted by Crippen LogP contribution is 2.36. The minimum Gasteiger partial charge on any atom is -0.495 e. The van der Waals surface area contributed by atoms with E-state index in [0.29, 0.717) is 37.7 Å². The van der Waals surface area contributed by atoms with Gasteiger partial charge in [-0.3, -0.25) is 9.69 Å². The summed E-state index contributed by atoms with van der Waals surface area (Å²) in [6.45, 7) is 4.02. The molecule has 0 aliphatic carbocycles. The topological polar surface area (TPSA) is 74.8 Å². The number of para-hydroxylation sites is 2. The van der Waals surface area contributed by atoms with Gasteiger partial charge in [-0.25, -0.2) is 4.79 Å². The van der Waals surface area contributed by atoms with Gasteiger partial charge >= 0.3 is 6.03 Å². The molecule has 0 atom stereocenters. The highest BCUT2D eigenvalue weighted by molar-refractivity contribution is 5.96. The van der Waals surface area contributed by atoms with Crippen LogP contribution in [-0.4, -0.2) is 81.5 Å². The van der Waals surface area contributed by atoms with E-state index in [4.69, 9.17) is 14.2 Å². The Morgan fingerprint density at radius 2 is 1.75 bits per heavy atom. The Morgan fingerprint density at radius 1 is 0.969 bits per heavy atom. The Kier molecular flexibility index (Phi) is 5.38. The molecule has 0 unspecified atom stereocenters. The van der Waals surface area contributed by atoms with Crippen LogP contribution in [0, 0.1) is 0 Å². The predicted molar refractivity (Wildman–Crippen MR) is 119 cm³/mol. The molecule has 3 heterocycles. The number of nitrogens with zero attached hydrogens (tertiary/aromatic N) is 4. The van der Waals surface area contributed by atoms with E-state index in [2.05, 4.69) is 4.90 Å². The van der Waals surface area contributed by atoms with Crippen molar-refractivity contribution in [2.45, 2.75) is 0 Å². The number of ether oxygens (including phenoxy) is 3. The summed E-state index contributed by atoms with van der Waals surface area (Å²) in [4.78, 5) is 33.2. The summed E-state index contributed by atoms with van der Waals surface area (Å²) in [5.41, 5.74) is 1.79. The maximum atomic E-state index is 12.9. The van der Waals surface area contributed by atoms with Crippen LogP contribution in [0.3, 0.4) is 0 Å². The Hall–Kier alpha value is -3.62. The molecule has 3 aliphatic rings. The number of hydrogen-bond donors (Lipinski definition) is 0. The standard InChI is InChI=1S/C23H26N4O5/c1-30-19-5-3-2-4-18(19)24-8-10-25(11-9-24)22(28)15-26-12-13-27(23(26)29)17-6-7-20-21(14-17)32-16-31-20/h2-7,14H,8-13,15-16H2,1H3. The zero-order valence-electron chi connectivity index (χ0n) is 18.0. The van der Waals surface area contributed by atoms with Crippen molar-refractivity contribution >= 4 is 23.3 Å². The lowest BCUT2D eigenvalue weighted by molar-refractivity contribution is -0.131. The van der Waals surface area contributed by atoms with E-state index in [1.54, 1.807) is 23.0 Å². The molecule has 0 N–H and O–H groups in total. The van der Waals surface area contributed by atoms with Gasteiger partial charge in [-0.05, 0) is 24.3 Å². The number of anilines is 2. The normalized spacial score (nSPS) is 17.8. The first kappa shape index (κ1) is 20.3. The minimum absolute atomic E-state index is 0.0226. The molecule has 3 amide bonds. The van der Waals surface area contributed by atoms with E-state index in [1.165, 1.54) is 0 Å². The Bertz CT molecular complexity index is 1020. The van der Waals surface area contributed by atoms with Gasteiger partial charge in [0.05, 0.1) is 12.8 Å². The van der Waals surface area contributed by atoms with Crippen LogP contribution < -0.4 is 24.0 Å². The number of piperazine rings is 1. The molecule has 0 radical (unpaired) electrons. The van der Waals surface area contributed by atoms with Crippen LogP contribution in [0.4, 0.5) is 16.2 Å². The molecule has 3 aliphatic heterocycles. The lowest BCUT2D eigenvalue weighted by atomic mass is 10.2. The van der Waals surface area contributed by atoms with E-state index >= 15 is 0 Å². The Morgan fingerprint density at radius 3 is 2.56 bits per heavy atom. The van der Waals surface area contributed by atoms with Crippen molar-refractivity contribution in [1.29, 1.82) is 0 Å². The lowest BCUT2D eigenvalue weighted by Gasteiger charge is -2.37. The zero-order chi connectivity index (χ0) is 22.1. The summed E-state index contributed by atoms with van der Waals surface area (Å²) in [5.74, 6) is 2.13. The van der Waals surface area contributed by atoms with Gasteiger partial charge in [0.15, 0.2) is 11.5 Å². The molecule has 9 heteroatoms. The molecule has 5 rings (SSSR count). The second-order valence-electron chi connectivity index (χ2n) is 7.93. The maximum absolute atomic E-state index is 12.9. The number of methoxy groups -OCH3 is 1. The van der Waals surface area contributed by atoms with E-state index in [1.807, 2.05) is 41.3 Å². The molecule has 0 spiro atoms. The van der Waals surface area contributed by atoms with Crippen molar-refractivity contribution in [2.75, 3.05) is 69.5 Å². The number of benzene rings is 2. The summed E-state index contributed by atoms with van der Waals surface area (Å²) in [6, 6.07) is 13.2. The van der Waals surface area contributed by atoms with Gasteiger partial charge in [-0.15, -0.1) is 0 Å². The van der Waals surface area contributed by atoms with Crippen LogP contribution in [0.1, 0.15) is 0 Å². The molecule has 2 saturated heterocycles. The molecule has 0 bridgehead atoms. The summed E-state index contributed by atoms with van der Waals surface area (Å²) >= 11 is 0. The first-order valence-corrected chi connectivity index (χ1v) is 10.8. The van der Waals surface area contributed by atoms with Gasteiger partial charge in [0, 0.05) is 51.0 Å². The molecular formula is C23H26N4O5. The van der Waals surface area contributed by atoms with E-state index < -0.39 is 0 Å². The van der Waals surface area contributed by atoms with Gasteiger partial charge in [0.25, 0.3) is 0 Å². The average molecular weight is 438 g/mol. The van der Waals surface area contributed by atoms with Crippen LogP contribution in [0.15, 0.2) is 42.5 Å². The van der Waals surface area contributed by atoms with Gasteiger partial charge in [-0.2, -0.15) is 0 Å². The third-order valence-corrected chi connectivity index (χ3v) is 6.15. The van der Waals surface area contributed by atoms with Crippen LogP contribution >= 0.6 is 0 Å². The molecule has 0 saturated carbocycles. The summed E-state index contributed by atoms with van der Waals surface area (Å²) in [6.07, 6.45) is 0. The molecule has 0 aromatic heterocycles. The largest absolute Gasteiger partial charge is 0.495 e. The summed E-state index contributed by atoms with van der Waals surface area (Å²) < 4.78 is 16.2. The monoisotopic (exact) mass is 438 g/mol. The number of fused-ring (bicyclic) bond motifs is 1. The number of amides is 3. The number of carbonyl (C=O) groups is 2. The van der Waals surface area contributed by atoms with Crippen LogP contribution in [0.25, 0.3) is 0 Å². The van der Waals surface area contributed by atoms with Crippen molar-refractivity contribution in [2.24, 2.45) is 0 Å². The van der Waals surface area contributed by atoms with Crippen molar-refractivity contribution in [3.63, 3.8) is 0 Å². The van der Waals surface area contributed by atoms with Gasteiger partial charge in [0.1, 0.15) is 12.3 Å². The van der Waals surface area contributed by atoms with Crippen LogP contribution in [0.2, 0.25) is 0 Å². The molecule has 2 aromatic rings. The van der Waals surface area contributed by atoms with Crippen LogP contribution in [0.5, 0.6) is 17.2 Å². The molecular weight excluding hydrogens is 412 g/mol. The fourth-order valence-electron chi connectivity index (χ4n) is 4.37. The lowest BCUT2D eigenvalue weighted by Crippen LogP contribution is -2.51. The third-order valence-electron chi connectivity index (χ3n) is 6.15. The highest BCUT2D eigenvalue weighted by atomic mass is 16.7. The first-order valence-electron chi connectivity index (χ1n) is 10.8. The Balaban J connectivity index is 1.17. The molecule has 9 nitrogen and oxygen atoms in total. The molecule has 2 fully saturated rings. The SMILES string of the molecule is COc1ccccc1N1CCN(C(=O)CN2CCN(c3ccc4c(c3)OCO4)C2=O)CC1. The van der Waals surface area contributed by atoms with Gasteiger partial charge in [-0.1, -0.05) is 12.1 Å². The van der Waals surface area contributed by atoms with E-state index in [9.17, 15) is 9.59 Å². The number of urea groups is 1. The molecule has 168 valence electrons. The second-order valence-corrected chi connectivity index (χ2v) is 7.93. The quantitative estimate of drug-likeness (QED) is 0.711. The van der Waals surface area contributed by atoms with E-state index in [-0.39, 0.29) is 25.3 Å². The molecule has 32 heavy (non-hydrogen) atoms. The first-order chi connectivity index (χ1) is 15.6. The number of rotatable bonds is 5. The smallest absolute Gasteiger partial charge is 0.325 e. The van der Waals surface area contributed by atoms with Crippen LogP contribution in [-0.2, 0) is 4.79 Å². The number of hydrogen-bond acceptors (Lipinski definition) is 6. The van der Waals surface area contributed by atoms with Crippen molar-refractivity contribution in [3.05, 3.63) is 42.5 Å². The number of carbonyl (C=O) groups excluding carboxylic acids is 2. The van der Waals surface area contributed by atoms with E-state index in [0.717, 1.165) is 30.2 Å². The summed E-state index contributed by atoms with van der Waals surface area (Å²) in [7, 11) is 1.67.